The van der Waals surface area contributed by atoms with Gasteiger partial charge in [0.1, 0.15) is 0 Å². The molecule has 1 spiro atoms. The van der Waals surface area contributed by atoms with E-state index in [0.29, 0.717) is 0 Å². The molecular weight excluding hydrogens is 224 g/mol. The number of aryl methyl sites for hydroxylation is 1. The standard InChI is InChI=1S/C15H20N2O/c1-2-4-11-5-3-6-12-13(11)17-14(18)15(12)7-9-16-10-8-15/h3,5-6,16H,2,4,7-10H2,1H3,(H,17,18). The summed E-state index contributed by atoms with van der Waals surface area (Å²) in [7, 11) is 0. The van der Waals surface area contributed by atoms with E-state index < -0.39 is 0 Å². The summed E-state index contributed by atoms with van der Waals surface area (Å²) in [4.78, 5) is 12.4. The summed E-state index contributed by atoms with van der Waals surface area (Å²) >= 11 is 0. The second-order valence-electron chi connectivity index (χ2n) is 5.38. The number of carbonyl (C=O) groups is 1. The molecule has 0 radical (unpaired) electrons. The van der Waals surface area contributed by atoms with E-state index in [4.69, 9.17) is 0 Å². The van der Waals surface area contributed by atoms with Gasteiger partial charge >= 0.3 is 0 Å². The van der Waals surface area contributed by atoms with Gasteiger partial charge in [-0.2, -0.15) is 0 Å². The van der Waals surface area contributed by atoms with Crippen LogP contribution in [-0.2, 0) is 16.6 Å². The number of rotatable bonds is 2. The summed E-state index contributed by atoms with van der Waals surface area (Å²) in [6.07, 6.45) is 3.99. The number of hydrogen-bond acceptors (Lipinski definition) is 2. The van der Waals surface area contributed by atoms with Gasteiger partial charge in [0, 0.05) is 5.69 Å². The average Bonchev–Trinajstić information content (AvgIpc) is 2.66. The molecule has 18 heavy (non-hydrogen) atoms. The first-order valence-electron chi connectivity index (χ1n) is 6.92. The molecule has 1 saturated heterocycles. The summed E-state index contributed by atoms with van der Waals surface area (Å²) < 4.78 is 0. The van der Waals surface area contributed by atoms with Gasteiger partial charge in [-0.1, -0.05) is 31.5 Å². The Morgan fingerprint density at radius 1 is 1.28 bits per heavy atom. The highest BCUT2D eigenvalue weighted by atomic mass is 16.2. The zero-order chi connectivity index (χ0) is 12.6. The lowest BCUT2D eigenvalue weighted by atomic mass is 9.74. The monoisotopic (exact) mass is 244 g/mol. The molecule has 2 aliphatic rings. The quantitative estimate of drug-likeness (QED) is 0.837. The normalized spacial score (nSPS) is 20.8. The minimum Gasteiger partial charge on any atom is -0.325 e. The molecule has 0 bridgehead atoms. The highest BCUT2D eigenvalue weighted by Crippen LogP contribution is 2.45. The summed E-state index contributed by atoms with van der Waals surface area (Å²) in [5.74, 6) is 0.211. The summed E-state index contributed by atoms with van der Waals surface area (Å²) in [6, 6.07) is 6.38. The van der Waals surface area contributed by atoms with Crippen LogP contribution < -0.4 is 10.6 Å². The number of para-hydroxylation sites is 1. The molecule has 2 heterocycles. The fourth-order valence-electron chi connectivity index (χ4n) is 3.33. The van der Waals surface area contributed by atoms with Crippen LogP contribution in [0.2, 0.25) is 0 Å². The second kappa shape index (κ2) is 4.39. The molecule has 0 atom stereocenters. The van der Waals surface area contributed by atoms with Crippen molar-refractivity contribution in [3.63, 3.8) is 0 Å². The Balaban J connectivity index is 2.07. The van der Waals surface area contributed by atoms with E-state index in [1.807, 2.05) is 0 Å². The van der Waals surface area contributed by atoms with Gasteiger partial charge in [0.25, 0.3) is 0 Å². The molecule has 0 aliphatic carbocycles. The van der Waals surface area contributed by atoms with Crippen LogP contribution in [0, 0.1) is 0 Å². The molecule has 1 aromatic carbocycles. The first-order valence-corrected chi connectivity index (χ1v) is 6.92. The van der Waals surface area contributed by atoms with E-state index in [9.17, 15) is 4.79 Å². The summed E-state index contributed by atoms with van der Waals surface area (Å²) in [5.41, 5.74) is 3.37. The third-order valence-electron chi connectivity index (χ3n) is 4.32. The van der Waals surface area contributed by atoms with Crippen molar-refractivity contribution in [3.8, 4) is 0 Å². The third kappa shape index (κ3) is 1.57. The lowest BCUT2D eigenvalue weighted by Crippen LogP contribution is -2.44. The summed E-state index contributed by atoms with van der Waals surface area (Å²) in [5, 5.41) is 6.49. The molecule has 1 fully saturated rings. The van der Waals surface area contributed by atoms with Crippen molar-refractivity contribution in [1.82, 2.24) is 5.32 Å². The van der Waals surface area contributed by atoms with E-state index in [-0.39, 0.29) is 11.3 Å². The number of piperidine rings is 1. The molecule has 0 saturated carbocycles. The van der Waals surface area contributed by atoms with Crippen LogP contribution in [0.25, 0.3) is 0 Å². The minimum atomic E-state index is -0.260. The largest absolute Gasteiger partial charge is 0.325 e. The molecule has 3 rings (SSSR count). The molecule has 0 aromatic heterocycles. The van der Waals surface area contributed by atoms with Crippen LogP contribution in [-0.4, -0.2) is 19.0 Å². The van der Waals surface area contributed by atoms with Crippen LogP contribution in [0.1, 0.15) is 37.3 Å². The number of hydrogen-bond donors (Lipinski definition) is 2. The number of amides is 1. The average molecular weight is 244 g/mol. The van der Waals surface area contributed by atoms with Crippen molar-refractivity contribution in [2.45, 2.75) is 38.0 Å². The first-order chi connectivity index (χ1) is 8.78. The highest BCUT2D eigenvalue weighted by molar-refractivity contribution is 6.07. The van der Waals surface area contributed by atoms with Crippen molar-refractivity contribution >= 4 is 11.6 Å². The minimum absolute atomic E-state index is 0.211. The number of nitrogens with one attached hydrogen (secondary N) is 2. The van der Waals surface area contributed by atoms with E-state index >= 15 is 0 Å². The van der Waals surface area contributed by atoms with Gasteiger partial charge in [-0.05, 0) is 43.5 Å². The predicted octanol–water partition coefficient (Wildman–Crippen LogP) is 2.21. The van der Waals surface area contributed by atoms with Gasteiger partial charge in [-0.3, -0.25) is 4.79 Å². The smallest absolute Gasteiger partial charge is 0.235 e. The first kappa shape index (κ1) is 11.7. The van der Waals surface area contributed by atoms with Gasteiger partial charge in [0.05, 0.1) is 5.41 Å². The fourth-order valence-corrected chi connectivity index (χ4v) is 3.33. The Morgan fingerprint density at radius 2 is 2.06 bits per heavy atom. The highest BCUT2D eigenvalue weighted by Gasteiger charge is 2.47. The molecule has 3 heteroatoms. The number of fused-ring (bicyclic) bond motifs is 2. The molecule has 0 unspecified atom stereocenters. The van der Waals surface area contributed by atoms with E-state index in [0.717, 1.165) is 44.5 Å². The lowest BCUT2D eigenvalue weighted by molar-refractivity contribution is -0.121. The Labute approximate surface area is 108 Å². The van der Waals surface area contributed by atoms with E-state index in [1.54, 1.807) is 0 Å². The molecule has 2 N–H and O–H groups in total. The number of benzene rings is 1. The van der Waals surface area contributed by atoms with Crippen LogP contribution in [0.3, 0.4) is 0 Å². The van der Waals surface area contributed by atoms with Crippen molar-refractivity contribution in [1.29, 1.82) is 0 Å². The van der Waals surface area contributed by atoms with Crippen LogP contribution >= 0.6 is 0 Å². The van der Waals surface area contributed by atoms with Crippen LogP contribution in [0.15, 0.2) is 18.2 Å². The van der Waals surface area contributed by atoms with Crippen molar-refractivity contribution in [2.75, 3.05) is 18.4 Å². The van der Waals surface area contributed by atoms with Crippen LogP contribution in [0.4, 0.5) is 5.69 Å². The Kier molecular flexibility index (Phi) is 2.86. The zero-order valence-corrected chi connectivity index (χ0v) is 10.9. The third-order valence-corrected chi connectivity index (χ3v) is 4.32. The van der Waals surface area contributed by atoms with Crippen molar-refractivity contribution in [3.05, 3.63) is 29.3 Å². The molecule has 1 amide bonds. The van der Waals surface area contributed by atoms with Gasteiger partial charge in [-0.15, -0.1) is 0 Å². The van der Waals surface area contributed by atoms with Gasteiger partial charge < -0.3 is 10.6 Å². The summed E-state index contributed by atoms with van der Waals surface area (Å²) in [6.45, 7) is 4.05. The number of carbonyl (C=O) groups excluding carboxylic acids is 1. The fraction of sp³-hybridized carbons (Fsp3) is 0.533. The molecule has 1 aromatic rings. The maximum absolute atomic E-state index is 12.4. The Hall–Kier alpha value is -1.35. The van der Waals surface area contributed by atoms with Gasteiger partial charge in [0.15, 0.2) is 0 Å². The lowest BCUT2D eigenvalue weighted by Gasteiger charge is -2.32. The SMILES string of the molecule is CCCc1cccc2c1NC(=O)C21CCNCC1. The molecule has 3 nitrogen and oxygen atoms in total. The van der Waals surface area contributed by atoms with Gasteiger partial charge in [-0.25, -0.2) is 0 Å². The van der Waals surface area contributed by atoms with Crippen molar-refractivity contribution in [2.24, 2.45) is 0 Å². The molecular formula is C15H20N2O. The van der Waals surface area contributed by atoms with E-state index in [1.165, 1.54) is 11.1 Å². The topological polar surface area (TPSA) is 41.1 Å². The Morgan fingerprint density at radius 3 is 2.78 bits per heavy atom. The van der Waals surface area contributed by atoms with E-state index in [2.05, 4.69) is 35.8 Å². The van der Waals surface area contributed by atoms with Gasteiger partial charge in [0.2, 0.25) is 5.91 Å². The predicted molar refractivity (Wildman–Crippen MR) is 72.8 cm³/mol. The Bertz CT molecular complexity index is 475. The second-order valence-corrected chi connectivity index (χ2v) is 5.38. The zero-order valence-electron chi connectivity index (χ0n) is 10.9. The maximum atomic E-state index is 12.4. The molecule has 96 valence electrons. The molecule has 2 aliphatic heterocycles. The van der Waals surface area contributed by atoms with Crippen LogP contribution in [0.5, 0.6) is 0 Å². The number of anilines is 1. The maximum Gasteiger partial charge on any atom is 0.235 e. The van der Waals surface area contributed by atoms with Crippen molar-refractivity contribution < 1.29 is 4.79 Å².